The molecule has 0 rings (SSSR count). The van der Waals surface area contributed by atoms with E-state index in [1.165, 1.54) is 38.5 Å². The van der Waals surface area contributed by atoms with Crippen molar-refractivity contribution in [3.8, 4) is 0 Å². The van der Waals surface area contributed by atoms with Gasteiger partial charge in [0.05, 0.1) is 32.8 Å². The summed E-state index contributed by atoms with van der Waals surface area (Å²) in [6.07, 6.45) is 77.6. The summed E-state index contributed by atoms with van der Waals surface area (Å²) in [5.41, 5.74) is 0. The van der Waals surface area contributed by atoms with E-state index >= 15 is 0 Å². The lowest BCUT2D eigenvalue weighted by Gasteiger charge is -2.21. The van der Waals surface area contributed by atoms with E-state index in [0.717, 1.165) is 167 Å². The summed E-state index contributed by atoms with van der Waals surface area (Å²) in [6.45, 7) is 4.40. The molecule has 0 saturated carbocycles. The molecule has 5 unspecified atom stereocenters. The van der Waals surface area contributed by atoms with Gasteiger partial charge in [0.15, 0.2) is 12.2 Å². The second-order valence-corrected chi connectivity index (χ2v) is 27.4. The number of unbranched alkanes of at least 4 members (excludes halogenated alkanes) is 22. The molecule has 0 fully saturated rings. The molecule has 17 nitrogen and oxygen atoms in total. The number of hydrogen-bond donors (Lipinski definition) is 3. The van der Waals surface area contributed by atoms with Crippen LogP contribution in [0.4, 0.5) is 0 Å². The molecule has 5 atom stereocenters. The molecule has 0 radical (unpaired) electrons. The van der Waals surface area contributed by atoms with Gasteiger partial charge >= 0.3 is 39.5 Å². The molecule has 0 aliphatic rings. The van der Waals surface area contributed by atoms with Crippen molar-refractivity contribution < 1.29 is 80.2 Å². The van der Waals surface area contributed by atoms with E-state index in [2.05, 4.69) is 137 Å². The van der Waals surface area contributed by atoms with Gasteiger partial charge in [-0.1, -0.05) is 258 Å². The Labute approximate surface area is 593 Å². The smallest absolute Gasteiger partial charge is 0.462 e. The second kappa shape index (κ2) is 70.6. The van der Waals surface area contributed by atoms with E-state index in [1.54, 1.807) is 6.08 Å². The van der Waals surface area contributed by atoms with Crippen LogP contribution in [0.5, 0.6) is 0 Å². The molecule has 560 valence electrons. The Bertz CT molecular complexity index is 2380. The van der Waals surface area contributed by atoms with Crippen molar-refractivity contribution in [2.24, 2.45) is 0 Å². The fraction of sp³-hybridized carbons (Fsp3) is 0.671. The Morgan fingerprint density at radius 1 is 0.306 bits per heavy atom. The highest BCUT2D eigenvalue weighted by atomic mass is 31.2. The first-order valence-electron chi connectivity index (χ1n) is 37.4. The number of aliphatic hydroxyl groups is 1. The van der Waals surface area contributed by atoms with Crippen molar-refractivity contribution in [2.45, 2.75) is 303 Å². The number of phosphoric acid groups is 2. The van der Waals surface area contributed by atoms with E-state index in [0.29, 0.717) is 25.7 Å². The second-order valence-electron chi connectivity index (χ2n) is 24.5. The quantitative estimate of drug-likeness (QED) is 0.0169. The molecule has 19 heteroatoms. The van der Waals surface area contributed by atoms with Gasteiger partial charge in [-0.15, -0.1) is 0 Å². The van der Waals surface area contributed by atoms with Crippen LogP contribution in [-0.4, -0.2) is 96.7 Å². The molecule has 0 aromatic heterocycles. The lowest BCUT2D eigenvalue weighted by molar-refractivity contribution is -0.161. The summed E-state index contributed by atoms with van der Waals surface area (Å²) >= 11 is 0. The summed E-state index contributed by atoms with van der Waals surface area (Å²) in [4.78, 5) is 72.7. The summed E-state index contributed by atoms with van der Waals surface area (Å²) in [5, 5.41) is 10.6. The number of aliphatic hydroxyl groups excluding tert-OH is 1. The number of carbonyl (C=O) groups excluding carboxylic acids is 4. The van der Waals surface area contributed by atoms with E-state index in [-0.39, 0.29) is 25.7 Å². The topological polar surface area (TPSA) is 237 Å². The van der Waals surface area contributed by atoms with Gasteiger partial charge in [-0.05, 0) is 135 Å². The molecule has 0 aliphatic heterocycles. The van der Waals surface area contributed by atoms with Gasteiger partial charge < -0.3 is 33.8 Å². The van der Waals surface area contributed by atoms with Gasteiger partial charge in [-0.25, -0.2) is 9.13 Å². The number of phosphoric ester groups is 2. The van der Waals surface area contributed by atoms with Crippen LogP contribution in [0.15, 0.2) is 134 Å². The number of esters is 4. The third kappa shape index (κ3) is 69.7. The summed E-state index contributed by atoms with van der Waals surface area (Å²) in [6, 6.07) is 0. The molecular weight excluding hydrogens is 1280 g/mol. The third-order valence-electron chi connectivity index (χ3n) is 15.1. The normalized spacial score (nSPS) is 14.7. The molecule has 0 aromatic rings. The Kier molecular flexibility index (Phi) is 67.2. The number of hydrogen-bond acceptors (Lipinski definition) is 15. The Morgan fingerprint density at radius 3 is 0.959 bits per heavy atom. The van der Waals surface area contributed by atoms with Crippen LogP contribution in [0.1, 0.15) is 285 Å². The maximum atomic E-state index is 13.1. The first kappa shape index (κ1) is 93.2. The highest BCUT2D eigenvalue weighted by molar-refractivity contribution is 7.47. The maximum Gasteiger partial charge on any atom is 0.472 e. The van der Waals surface area contributed by atoms with Gasteiger partial charge in [0, 0.05) is 19.3 Å². The van der Waals surface area contributed by atoms with Gasteiger partial charge in [-0.2, -0.15) is 0 Å². The molecule has 0 saturated heterocycles. The minimum atomic E-state index is -5.00. The Morgan fingerprint density at radius 2 is 0.592 bits per heavy atom. The van der Waals surface area contributed by atoms with Crippen LogP contribution in [0, 0.1) is 0 Å². The van der Waals surface area contributed by atoms with Gasteiger partial charge in [0.25, 0.3) is 0 Å². The Balaban J connectivity index is 5.44. The zero-order chi connectivity index (χ0) is 71.8. The van der Waals surface area contributed by atoms with Gasteiger partial charge in [0.1, 0.15) is 19.3 Å². The predicted octanol–water partition coefficient (Wildman–Crippen LogP) is 21.3. The average molecular weight is 1420 g/mol. The van der Waals surface area contributed by atoms with E-state index < -0.39 is 97.5 Å². The van der Waals surface area contributed by atoms with Crippen LogP contribution in [0.3, 0.4) is 0 Å². The van der Waals surface area contributed by atoms with Crippen molar-refractivity contribution >= 4 is 39.5 Å². The molecule has 0 heterocycles. The average Bonchev–Trinajstić information content (AvgIpc) is 1.04. The zero-order valence-corrected chi connectivity index (χ0v) is 62.7. The largest absolute Gasteiger partial charge is 0.472 e. The van der Waals surface area contributed by atoms with E-state index in [1.807, 2.05) is 18.2 Å². The molecule has 0 bridgehead atoms. The maximum absolute atomic E-state index is 13.1. The molecule has 0 aliphatic carbocycles. The van der Waals surface area contributed by atoms with E-state index in [4.69, 9.17) is 37.0 Å². The first-order valence-corrected chi connectivity index (χ1v) is 40.4. The van der Waals surface area contributed by atoms with E-state index in [9.17, 15) is 43.2 Å². The third-order valence-corrected chi connectivity index (χ3v) is 17.0. The number of carbonyl (C=O) groups is 4. The number of ether oxygens (including phenoxy) is 4. The summed E-state index contributed by atoms with van der Waals surface area (Å²) < 4.78 is 68.3. The van der Waals surface area contributed by atoms with Crippen LogP contribution in [-0.2, 0) is 65.4 Å². The molecule has 0 amide bonds. The molecular formula is C79H132O17P2. The lowest BCUT2D eigenvalue weighted by atomic mass is 10.1. The van der Waals surface area contributed by atoms with Gasteiger partial charge in [0.2, 0.25) is 0 Å². The summed E-state index contributed by atoms with van der Waals surface area (Å²) in [5.74, 6) is -2.37. The van der Waals surface area contributed by atoms with Crippen molar-refractivity contribution in [1.29, 1.82) is 0 Å². The van der Waals surface area contributed by atoms with Crippen molar-refractivity contribution in [3.63, 3.8) is 0 Å². The van der Waals surface area contributed by atoms with Crippen molar-refractivity contribution in [1.82, 2.24) is 0 Å². The van der Waals surface area contributed by atoms with Crippen molar-refractivity contribution in [3.05, 3.63) is 134 Å². The van der Waals surface area contributed by atoms with Gasteiger partial charge in [-0.3, -0.25) is 37.3 Å². The SMILES string of the molecule is CC/C=C\C/C=C\C/C=C\C/C=C\C/C=C\CC(=O)OCC(COP(=O)(O)OCC(O)COP(=O)(O)OCC(COC(=O)CCCCCCC/C=C\CCCCCCCC)OC(=O)CCCCCCC/C=C\C/C=C\CCC)OC(=O)CCCCCCC/C=C\C/C=C\C/C=C\CC. The first-order chi connectivity index (χ1) is 47.7. The fourth-order valence-electron chi connectivity index (χ4n) is 9.46. The standard InChI is InChI=1S/C79H132O17P2/c1-5-9-13-17-21-25-29-33-36-40-43-47-51-55-59-63-76(81)89-69-74(95-78(83)65-61-57-53-49-45-39-32-28-24-20-16-12-8-4)71-93-97(85,86)91-67-73(80)68-92-98(87,88)94-72-75(96-79(84)66-62-58-54-50-46-42-38-35-31-27-23-19-15-11-7-3)70-90-77(82)64-60-56-52-48-44-41-37-34-30-26-22-18-14-10-6-2/h10-11,14-16,20,22-23,26-28,32-38,44,48,56,60,73-75,80H,5-9,12-13,17-19,21,24-25,29-31,39-43,45-47,49-55,57-59,61-72H2,1-4H3,(H,85,86)(H,87,88)/b14-10-,15-11-,20-16-,26-22-,27-23-,32-28-,36-33-,37-34-,38-35-,48-44-,60-56-. The lowest BCUT2D eigenvalue weighted by Crippen LogP contribution is -2.30. The monoisotopic (exact) mass is 1410 g/mol. The van der Waals surface area contributed by atoms with Crippen LogP contribution in [0.2, 0.25) is 0 Å². The fourth-order valence-corrected chi connectivity index (χ4v) is 11.0. The Hall–Kier alpha value is -4.80. The molecule has 3 N–H and O–H groups in total. The zero-order valence-electron chi connectivity index (χ0n) is 60.9. The highest BCUT2D eigenvalue weighted by Crippen LogP contribution is 2.45. The summed E-state index contributed by atoms with van der Waals surface area (Å²) in [7, 11) is -9.99. The minimum Gasteiger partial charge on any atom is -0.462 e. The van der Waals surface area contributed by atoms with Crippen molar-refractivity contribution in [2.75, 3.05) is 39.6 Å². The minimum absolute atomic E-state index is 0.0521. The van der Waals surface area contributed by atoms with Crippen LogP contribution >= 0.6 is 15.6 Å². The molecule has 98 heavy (non-hydrogen) atoms. The molecule has 0 aromatic carbocycles. The highest BCUT2D eigenvalue weighted by Gasteiger charge is 2.30. The number of allylic oxidation sites excluding steroid dienone is 21. The molecule has 0 spiro atoms. The number of rotatable bonds is 69. The predicted molar refractivity (Wildman–Crippen MR) is 399 cm³/mol. The van der Waals surface area contributed by atoms with Crippen LogP contribution in [0.25, 0.3) is 0 Å². The van der Waals surface area contributed by atoms with Crippen LogP contribution < -0.4 is 0 Å².